The number of benzene rings is 1. The van der Waals surface area contributed by atoms with Crippen LogP contribution in [0.1, 0.15) is 15.9 Å². The lowest BCUT2D eigenvalue weighted by Crippen LogP contribution is -2.37. The van der Waals surface area contributed by atoms with Gasteiger partial charge in [0.15, 0.2) is 0 Å². The number of nitrogens with zero attached hydrogens (tertiary/aromatic N) is 3. The van der Waals surface area contributed by atoms with E-state index < -0.39 is 11.2 Å². The number of hydrogen-bond donors (Lipinski definition) is 1. The van der Waals surface area contributed by atoms with Crippen molar-refractivity contribution in [3.8, 4) is 0 Å². The van der Waals surface area contributed by atoms with Crippen molar-refractivity contribution in [2.45, 2.75) is 6.92 Å². The Bertz CT molecular complexity index is 1080. The van der Waals surface area contributed by atoms with Gasteiger partial charge in [-0.3, -0.25) is 18.7 Å². The van der Waals surface area contributed by atoms with Crippen molar-refractivity contribution < 1.29 is 4.79 Å². The first-order valence-electron chi connectivity index (χ1n) is 7.32. The normalized spacial score (nSPS) is 10.8. The van der Waals surface area contributed by atoms with Crippen LogP contribution < -0.4 is 16.6 Å². The smallest absolute Gasteiger partial charge is 0.321 e. The molecule has 3 aromatic rings. The summed E-state index contributed by atoms with van der Waals surface area (Å²) in [6.07, 6.45) is 1.43. The number of hydrogen-bond acceptors (Lipinski definition) is 4. The fourth-order valence-corrected chi connectivity index (χ4v) is 2.52. The molecule has 0 unspecified atom stereocenters. The lowest BCUT2D eigenvalue weighted by atomic mass is 10.1. The Hall–Kier alpha value is -3.22. The van der Waals surface area contributed by atoms with Crippen molar-refractivity contribution in [1.29, 1.82) is 0 Å². The van der Waals surface area contributed by atoms with Crippen molar-refractivity contribution in [2.24, 2.45) is 14.1 Å². The average molecular weight is 324 g/mol. The molecule has 0 spiro atoms. The van der Waals surface area contributed by atoms with E-state index in [-0.39, 0.29) is 16.9 Å². The highest BCUT2D eigenvalue weighted by atomic mass is 16.2. The molecule has 0 saturated heterocycles. The number of nitrogens with one attached hydrogen (secondary N) is 1. The number of carbonyl (C=O) groups is 1. The van der Waals surface area contributed by atoms with Gasteiger partial charge < -0.3 is 5.32 Å². The van der Waals surface area contributed by atoms with Crippen LogP contribution in [-0.4, -0.2) is 20.0 Å². The zero-order valence-electron chi connectivity index (χ0n) is 13.5. The fourth-order valence-electron chi connectivity index (χ4n) is 2.52. The second-order valence-electron chi connectivity index (χ2n) is 5.62. The molecule has 0 atom stereocenters. The summed E-state index contributed by atoms with van der Waals surface area (Å²) in [5, 5.41) is 2.99. The summed E-state index contributed by atoms with van der Waals surface area (Å²) in [4.78, 5) is 40.6. The van der Waals surface area contributed by atoms with E-state index in [4.69, 9.17) is 0 Å². The highest BCUT2D eigenvalue weighted by Crippen LogP contribution is 2.13. The highest BCUT2D eigenvalue weighted by molar-refractivity contribution is 6.04. The fraction of sp³-hybridized carbons (Fsp3) is 0.176. The molecule has 0 saturated carbocycles. The van der Waals surface area contributed by atoms with Crippen LogP contribution in [0.15, 0.2) is 46.1 Å². The molecule has 0 bridgehead atoms. The van der Waals surface area contributed by atoms with Gasteiger partial charge in [0, 0.05) is 19.7 Å². The first-order valence-corrected chi connectivity index (χ1v) is 7.32. The summed E-state index contributed by atoms with van der Waals surface area (Å²) >= 11 is 0. The Balaban J connectivity index is 2.04. The van der Waals surface area contributed by atoms with Gasteiger partial charge in [0.2, 0.25) is 0 Å². The van der Waals surface area contributed by atoms with Gasteiger partial charge in [-0.25, -0.2) is 9.78 Å². The number of aryl methyl sites for hydroxylation is 2. The van der Waals surface area contributed by atoms with Gasteiger partial charge >= 0.3 is 5.69 Å². The Morgan fingerprint density at radius 3 is 2.58 bits per heavy atom. The van der Waals surface area contributed by atoms with Gasteiger partial charge in [-0.1, -0.05) is 17.7 Å². The number of amides is 1. The van der Waals surface area contributed by atoms with E-state index in [9.17, 15) is 14.4 Å². The van der Waals surface area contributed by atoms with E-state index in [1.807, 2.05) is 13.0 Å². The molecule has 1 amide bonds. The maximum Gasteiger partial charge on any atom is 0.332 e. The van der Waals surface area contributed by atoms with E-state index in [1.165, 1.54) is 23.9 Å². The molecule has 24 heavy (non-hydrogen) atoms. The largest absolute Gasteiger partial charge is 0.332 e. The minimum absolute atomic E-state index is 0.265. The zero-order chi connectivity index (χ0) is 17.4. The quantitative estimate of drug-likeness (QED) is 0.767. The molecule has 0 radical (unpaired) electrons. The lowest BCUT2D eigenvalue weighted by molar-refractivity contribution is 0.102. The number of aromatic nitrogens is 3. The van der Waals surface area contributed by atoms with Crippen LogP contribution in [0.25, 0.3) is 11.0 Å². The molecular formula is C17H16N4O3. The van der Waals surface area contributed by atoms with Crippen molar-refractivity contribution in [3.05, 3.63) is 68.5 Å². The van der Waals surface area contributed by atoms with Gasteiger partial charge in [-0.05, 0) is 25.1 Å². The van der Waals surface area contributed by atoms with E-state index in [0.717, 1.165) is 10.1 Å². The molecule has 1 N–H and O–H groups in total. The molecule has 7 heteroatoms. The predicted octanol–water partition coefficient (Wildman–Crippen LogP) is 1.19. The Morgan fingerprint density at radius 2 is 1.88 bits per heavy atom. The van der Waals surface area contributed by atoms with Gasteiger partial charge in [0.1, 0.15) is 5.65 Å². The van der Waals surface area contributed by atoms with Crippen LogP contribution in [0, 0.1) is 6.92 Å². The van der Waals surface area contributed by atoms with Crippen LogP contribution in [0.5, 0.6) is 0 Å². The molecule has 3 rings (SSSR count). The van der Waals surface area contributed by atoms with Crippen LogP contribution in [0.2, 0.25) is 0 Å². The van der Waals surface area contributed by atoms with E-state index in [0.29, 0.717) is 11.3 Å². The first-order chi connectivity index (χ1) is 11.4. The number of fused-ring (bicyclic) bond motifs is 1. The van der Waals surface area contributed by atoms with Gasteiger partial charge in [-0.15, -0.1) is 0 Å². The molecule has 7 nitrogen and oxygen atoms in total. The maximum atomic E-state index is 12.3. The Labute approximate surface area is 137 Å². The number of carbonyl (C=O) groups excluding carboxylic acids is 1. The van der Waals surface area contributed by atoms with E-state index in [1.54, 1.807) is 25.2 Å². The zero-order valence-corrected chi connectivity index (χ0v) is 13.5. The molecule has 0 aliphatic rings. The molecule has 0 aliphatic heterocycles. The third-order valence-corrected chi connectivity index (χ3v) is 3.83. The molecule has 122 valence electrons. The van der Waals surface area contributed by atoms with Crippen LogP contribution in [0.4, 0.5) is 5.69 Å². The van der Waals surface area contributed by atoms with Crippen LogP contribution >= 0.6 is 0 Å². The number of pyridine rings is 1. The predicted molar refractivity (Wildman–Crippen MR) is 91.4 cm³/mol. The first kappa shape index (κ1) is 15.7. The number of anilines is 1. The van der Waals surface area contributed by atoms with Crippen LogP contribution in [-0.2, 0) is 14.1 Å². The molecule has 2 heterocycles. The monoisotopic (exact) mass is 324 g/mol. The standard InChI is InChI=1S/C17H16N4O3/c1-10-5-4-6-11(7-10)15(22)19-12-8-13-14(18-9-12)20(2)17(24)21(3)16(13)23/h4-9H,1-3H3,(H,19,22). The maximum absolute atomic E-state index is 12.3. The Morgan fingerprint density at radius 1 is 1.12 bits per heavy atom. The molecule has 2 aromatic heterocycles. The summed E-state index contributed by atoms with van der Waals surface area (Å²) in [7, 11) is 2.95. The summed E-state index contributed by atoms with van der Waals surface area (Å²) < 4.78 is 2.30. The van der Waals surface area contributed by atoms with Crippen molar-refractivity contribution in [2.75, 3.05) is 5.32 Å². The van der Waals surface area contributed by atoms with Gasteiger partial charge in [-0.2, -0.15) is 0 Å². The highest BCUT2D eigenvalue weighted by Gasteiger charge is 2.12. The SMILES string of the molecule is Cc1cccc(C(=O)Nc2cnc3c(c2)c(=O)n(C)c(=O)n3C)c1. The minimum Gasteiger partial charge on any atom is -0.321 e. The molecule has 0 aliphatic carbocycles. The second-order valence-corrected chi connectivity index (χ2v) is 5.62. The third kappa shape index (κ3) is 2.60. The summed E-state index contributed by atoms with van der Waals surface area (Å²) in [5.41, 5.74) is 1.26. The second kappa shape index (κ2) is 5.77. The summed E-state index contributed by atoms with van der Waals surface area (Å²) in [6, 6.07) is 8.71. The number of rotatable bonds is 2. The van der Waals surface area contributed by atoms with Crippen molar-refractivity contribution in [1.82, 2.24) is 14.1 Å². The topological polar surface area (TPSA) is 86.0 Å². The minimum atomic E-state index is -0.452. The van der Waals surface area contributed by atoms with Gasteiger partial charge in [0.25, 0.3) is 11.5 Å². The lowest BCUT2D eigenvalue weighted by Gasteiger charge is -2.09. The van der Waals surface area contributed by atoms with Crippen molar-refractivity contribution in [3.63, 3.8) is 0 Å². The third-order valence-electron chi connectivity index (χ3n) is 3.83. The average Bonchev–Trinajstić information content (AvgIpc) is 2.58. The van der Waals surface area contributed by atoms with Crippen LogP contribution in [0.3, 0.4) is 0 Å². The van der Waals surface area contributed by atoms with E-state index in [2.05, 4.69) is 10.3 Å². The van der Waals surface area contributed by atoms with Gasteiger partial charge in [0.05, 0.1) is 17.3 Å². The molecule has 0 fully saturated rings. The molecular weight excluding hydrogens is 308 g/mol. The summed E-state index contributed by atoms with van der Waals surface area (Å²) in [6.45, 7) is 1.90. The summed E-state index contributed by atoms with van der Waals surface area (Å²) in [5.74, 6) is -0.290. The van der Waals surface area contributed by atoms with Crippen molar-refractivity contribution >= 4 is 22.6 Å². The Kier molecular flexibility index (Phi) is 3.76. The van der Waals surface area contributed by atoms with E-state index >= 15 is 0 Å². The molecule has 1 aromatic carbocycles.